The summed E-state index contributed by atoms with van der Waals surface area (Å²) in [6.45, 7) is 3.69. The first-order valence-corrected chi connectivity index (χ1v) is 7.78. The van der Waals surface area contributed by atoms with Crippen molar-refractivity contribution in [2.45, 2.75) is 64.8 Å². The Balaban J connectivity index is -0.000000150. The first kappa shape index (κ1) is 23.4. The summed E-state index contributed by atoms with van der Waals surface area (Å²) in [6.07, 6.45) is 10.7. The van der Waals surface area contributed by atoms with Gasteiger partial charge in [0.25, 0.3) is 0 Å². The molecule has 1 aromatic rings. The monoisotopic (exact) mass is 301 g/mol. The minimum atomic E-state index is 0. The van der Waals surface area contributed by atoms with E-state index in [4.69, 9.17) is 10.5 Å². The number of benzene rings is 1. The van der Waals surface area contributed by atoms with E-state index in [-0.39, 0.29) is 41.9 Å². The molecule has 0 aliphatic carbocycles. The van der Waals surface area contributed by atoms with Gasteiger partial charge in [-0.25, -0.2) is 0 Å². The van der Waals surface area contributed by atoms with Gasteiger partial charge in [-0.05, 0) is 24.1 Å². The van der Waals surface area contributed by atoms with E-state index < -0.39 is 0 Å². The Morgan fingerprint density at radius 3 is 1.95 bits per heavy atom. The average molecular weight is 301 g/mol. The van der Waals surface area contributed by atoms with Crippen molar-refractivity contribution in [3.63, 3.8) is 0 Å². The summed E-state index contributed by atoms with van der Waals surface area (Å²) in [4.78, 5) is 0. The fraction of sp³-hybridized carbons (Fsp3) is 0.647. The predicted molar refractivity (Wildman–Crippen MR) is 92.6 cm³/mol. The Kier molecular flexibility index (Phi) is 18.3. The molecular formula is C17H33AlLiNO. The van der Waals surface area contributed by atoms with Gasteiger partial charge in [0.2, 0.25) is 0 Å². The zero-order valence-corrected chi connectivity index (χ0v) is 15.1. The standard InChI is InChI=1S/C17H29NO.Al.Li.4H/c1-2-3-4-5-6-7-8-9-14-19-17-12-10-16(15-18)11-13-17;;;;;;/h10-13H,2-9,14-15,18H2,1H3;;;;;;/q;+3;+1;4*-1. The Labute approximate surface area is 159 Å². The fourth-order valence-electron chi connectivity index (χ4n) is 2.15. The number of hydrogen-bond donors (Lipinski definition) is 1. The van der Waals surface area contributed by atoms with Crippen LogP contribution in [0.1, 0.15) is 69.6 Å². The summed E-state index contributed by atoms with van der Waals surface area (Å²) in [6, 6.07) is 8.08. The molecule has 21 heavy (non-hydrogen) atoms. The van der Waals surface area contributed by atoms with Gasteiger partial charge in [-0.3, -0.25) is 0 Å². The van der Waals surface area contributed by atoms with Crippen molar-refractivity contribution in [2.75, 3.05) is 6.61 Å². The number of nitrogens with two attached hydrogens (primary N) is 1. The van der Waals surface area contributed by atoms with Gasteiger partial charge < -0.3 is 16.2 Å². The molecule has 0 atom stereocenters. The van der Waals surface area contributed by atoms with E-state index in [9.17, 15) is 0 Å². The number of unbranched alkanes of at least 4 members (excludes halogenated alkanes) is 7. The molecular weight excluding hydrogens is 268 g/mol. The molecule has 1 rings (SSSR count). The summed E-state index contributed by atoms with van der Waals surface area (Å²) in [7, 11) is 0. The van der Waals surface area contributed by atoms with Crippen LogP contribution in [0.5, 0.6) is 5.75 Å². The quantitative estimate of drug-likeness (QED) is 0.499. The maximum absolute atomic E-state index is 5.71. The van der Waals surface area contributed by atoms with Gasteiger partial charge in [-0.1, -0.05) is 64.0 Å². The van der Waals surface area contributed by atoms with E-state index in [2.05, 4.69) is 6.92 Å². The zero-order chi connectivity index (χ0) is 13.8. The molecule has 0 unspecified atom stereocenters. The van der Waals surface area contributed by atoms with E-state index in [1.165, 1.54) is 44.9 Å². The molecule has 0 saturated carbocycles. The molecule has 0 spiro atoms. The smallest absolute Gasteiger partial charge is 1.00 e. The number of rotatable bonds is 11. The molecule has 0 fully saturated rings. The van der Waals surface area contributed by atoms with Gasteiger partial charge in [0, 0.05) is 6.54 Å². The minimum Gasteiger partial charge on any atom is -1.00 e. The van der Waals surface area contributed by atoms with E-state index >= 15 is 0 Å². The first-order chi connectivity index (χ1) is 9.36. The van der Waals surface area contributed by atoms with Crippen LogP contribution in [0.15, 0.2) is 24.3 Å². The number of hydrogen-bond acceptors (Lipinski definition) is 2. The Morgan fingerprint density at radius 1 is 0.905 bits per heavy atom. The van der Waals surface area contributed by atoms with E-state index in [0.717, 1.165) is 24.3 Å². The molecule has 0 aliphatic rings. The fourth-order valence-corrected chi connectivity index (χ4v) is 2.15. The largest absolute Gasteiger partial charge is 3.00 e. The SMILES string of the molecule is CCCCCCCCCCOc1ccc(CN)cc1.[Al+3].[H-].[H-].[H-].[H-].[Li+]. The van der Waals surface area contributed by atoms with Gasteiger partial charge in [0.05, 0.1) is 6.61 Å². The minimum absolute atomic E-state index is 0. The second kappa shape index (κ2) is 16.5. The van der Waals surface area contributed by atoms with Crippen LogP contribution in [-0.2, 0) is 6.54 Å². The van der Waals surface area contributed by atoms with E-state index in [0.29, 0.717) is 6.54 Å². The molecule has 0 radical (unpaired) electrons. The van der Waals surface area contributed by atoms with Crippen molar-refractivity contribution in [1.82, 2.24) is 0 Å². The van der Waals surface area contributed by atoms with Crippen LogP contribution in [0.2, 0.25) is 0 Å². The molecule has 1 aromatic carbocycles. The third kappa shape index (κ3) is 12.3. The molecule has 116 valence electrons. The van der Waals surface area contributed by atoms with Crippen molar-refractivity contribution >= 4 is 17.4 Å². The maximum Gasteiger partial charge on any atom is 3.00 e. The van der Waals surface area contributed by atoms with Crippen LogP contribution in [0.25, 0.3) is 0 Å². The van der Waals surface area contributed by atoms with E-state index in [1.54, 1.807) is 0 Å². The van der Waals surface area contributed by atoms with Crippen LogP contribution in [0, 0.1) is 0 Å². The van der Waals surface area contributed by atoms with Crippen LogP contribution in [-0.4, -0.2) is 24.0 Å². The zero-order valence-electron chi connectivity index (χ0n) is 17.9. The topological polar surface area (TPSA) is 35.2 Å². The second-order valence-electron chi connectivity index (χ2n) is 5.17. The Hall–Kier alpha value is 0.110. The number of ether oxygens (including phenoxy) is 1. The molecule has 0 aromatic heterocycles. The van der Waals surface area contributed by atoms with Gasteiger partial charge in [0.1, 0.15) is 5.75 Å². The van der Waals surface area contributed by atoms with E-state index in [1.807, 2.05) is 24.3 Å². The molecule has 0 aliphatic heterocycles. The molecule has 0 bridgehead atoms. The van der Waals surface area contributed by atoms with Gasteiger partial charge >= 0.3 is 36.2 Å². The van der Waals surface area contributed by atoms with Crippen LogP contribution < -0.4 is 29.3 Å². The Morgan fingerprint density at radius 2 is 1.43 bits per heavy atom. The summed E-state index contributed by atoms with van der Waals surface area (Å²) in [5.41, 5.74) is 6.71. The third-order valence-corrected chi connectivity index (χ3v) is 3.43. The summed E-state index contributed by atoms with van der Waals surface area (Å²) in [5.74, 6) is 0.958. The molecule has 4 heteroatoms. The van der Waals surface area contributed by atoms with Crippen molar-refractivity contribution in [3.8, 4) is 5.75 Å². The summed E-state index contributed by atoms with van der Waals surface area (Å²) >= 11 is 0. The van der Waals surface area contributed by atoms with Gasteiger partial charge in [-0.15, -0.1) is 0 Å². The summed E-state index contributed by atoms with van der Waals surface area (Å²) < 4.78 is 5.71. The van der Waals surface area contributed by atoms with Crippen LogP contribution in [0.4, 0.5) is 0 Å². The molecule has 0 saturated heterocycles. The van der Waals surface area contributed by atoms with Crippen molar-refractivity contribution < 1.29 is 29.3 Å². The van der Waals surface area contributed by atoms with Crippen molar-refractivity contribution in [2.24, 2.45) is 5.73 Å². The van der Waals surface area contributed by atoms with Crippen LogP contribution >= 0.6 is 0 Å². The Bertz CT molecular complexity index is 335. The van der Waals surface area contributed by atoms with Crippen LogP contribution in [0.3, 0.4) is 0 Å². The normalized spacial score (nSPS) is 9.62. The molecule has 0 heterocycles. The molecule has 2 nitrogen and oxygen atoms in total. The summed E-state index contributed by atoms with van der Waals surface area (Å²) in [5, 5.41) is 0. The first-order valence-electron chi connectivity index (χ1n) is 7.78. The van der Waals surface area contributed by atoms with Crippen molar-refractivity contribution in [3.05, 3.63) is 29.8 Å². The van der Waals surface area contributed by atoms with Crippen molar-refractivity contribution in [1.29, 1.82) is 0 Å². The average Bonchev–Trinajstić information content (AvgIpc) is 2.46. The predicted octanol–water partition coefficient (Wildman–Crippen LogP) is 1.74. The van der Waals surface area contributed by atoms with Gasteiger partial charge in [0.15, 0.2) is 0 Å². The second-order valence-corrected chi connectivity index (χ2v) is 5.17. The third-order valence-electron chi connectivity index (χ3n) is 3.43. The maximum atomic E-state index is 5.71. The van der Waals surface area contributed by atoms with Gasteiger partial charge in [-0.2, -0.15) is 0 Å². The molecule has 0 amide bonds. The molecule has 2 N–H and O–H groups in total.